The molecule has 0 N–H and O–H groups in total. The van der Waals surface area contributed by atoms with Crippen molar-refractivity contribution >= 4 is 29.1 Å². The molecule has 2 aliphatic rings. The van der Waals surface area contributed by atoms with Gasteiger partial charge in [-0.25, -0.2) is 0 Å². The second-order valence-corrected chi connectivity index (χ2v) is 6.08. The Morgan fingerprint density at radius 2 is 1.65 bits per heavy atom. The minimum atomic E-state index is -0.276. The lowest BCUT2D eigenvalue weighted by molar-refractivity contribution is -0.132. The van der Waals surface area contributed by atoms with E-state index in [-0.39, 0.29) is 22.5 Å². The molecule has 1 aliphatic carbocycles. The quantitative estimate of drug-likeness (QED) is 0.456. The van der Waals surface area contributed by atoms with Crippen LogP contribution in [0.1, 0.15) is 44.9 Å². The molecule has 2 amide bonds. The number of hydrogen-bond acceptors (Lipinski definition) is 3. The molecule has 0 radical (unpaired) electrons. The number of carbonyl (C=O) groups is 2. The highest BCUT2D eigenvalue weighted by Crippen LogP contribution is 2.28. The first kappa shape index (κ1) is 15.2. The van der Waals surface area contributed by atoms with E-state index >= 15 is 0 Å². The van der Waals surface area contributed by atoms with Crippen LogP contribution in [-0.4, -0.2) is 40.8 Å². The van der Waals surface area contributed by atoms with Gasteiger partial charge in [0.1, 0.15) is 5.57 Å². The third kappa shape index (κ3) is 3.08. The van der Waals surface area contributed by atoms with Gasteiger partial charge in [-0.15, -0.1) is 0 Å². The number of carbonyl (C=O) groups excluding carboxylic acids is 2. The summed E-state index contributed by atoms with van der Waals surface area (Å²) in [6, 6.07) is 0. The van der Waals surface area contributed by atoms with Gasteiger partial charge in [-0.3, -0.25) is 19.4 Å². The summed E-state index contributed by atoms with van der Waals surface area (Å²) in [6.45, 7) is 0. The standard InChI is InChI=1S/C15H22N2O2S/c1-16-13(18)12(14(19)17(2)15(16)20)10-6-9-11-7-4-3-5-8-11/h10-11H,3-9H2,1-2H3. The molecule has 1 heterocycles. The largest absolute Gasteiger partial charge is 0.288 e. The first-order chi connectivity index (χ1) is 9.52. The van der Waals surface area contributed by atoms with Crippen LogP contribution in [-0.2, 0) is 9.59 Å². The van der Waals surface area contributed by atoms with Gasteiger partial charge in [0.05, 0.1) is 0 Å². The summed E-state index contributed by atoms with van der Waals surface area (Å²) < 4.78 is 0. The number of likely N-dealkylation sites (N-methyl/N-ethyl adjacent to an activating group) is 2. The fraction of sp³-hybridized carbons (Fsp3) is 0.667. The monoisotopic (exact) mass is 294 g/mol. The molecule has 1 aliphatic heterocycles. The molecule has 4 nitrogen and oxygen atoms in total. The van der Waals surface area contributed by atoms with Crippen molar-refractivity contribution in [1.82, 2.24) is 9.80 Å². The molecular weight excluding hydrogens is 272 g/mol. The van der Waals surface area contributed by atoms with E-state index < -0.39 is 0 Å². The molecule has 20 heavy (non-hydrogen) atoms. The SMILES string of the molecule is CN1C(=O)C(=CCCC2CCCCC2)C(=O)N(C)C1=S. The molecule has 0 aromatic heterocycles. The summed E-state index contributed by atoms with van der Waals surface area (Å²) in [6.07, 6.45) is 10.2. The summed E-state index contributed by atoms with van der Waals surface area (Å²) >= 11 is 5.06. The predicted octanol–water partition coefficient (Wildman–Crippen LogP) is 2.49. The van der Waals surface area contributed by atoms with Gasteiger partial charge in [-0.1, -0.05) is 38.2 Å². The van der Waals surface area contributed by atoms with E-state index in [9.17, 15) is 9.59 Å². The molecule has 2 fully saturated rings. The topological polar surface area (TPSA) is 40.6 Å². The number of hydrogen-bond donors (Lipinski definition) is 0. The van der Waals surface area contributed by atoms with Crippen LogP contribution in [0.25, 0.3) is 0 Å². The second kappa shape index (κ2) is 6.48. The van der Waals surface area contributed by atoms with Gasteiger partial charge in [0.2, 0.25) is 0 Å². The van der Waals surface area contributed by atoms with Crippen molar-refractivity contribution in [3.63, 3.8) is 0 Å². The lowest BCUT2D eigenvalue weighted by atomic mass is 9.86. The highest BCUT2D eigenvalue weighted by Gasteiger charge is 2.34. The minimum absolute atomic E-state index is 0.263. The molecule has 1 saturated carbocycles. The Labute approximate surface area is 125 Å². The van der Waals surface area contributed by atoms with E-state index in [0.717, 1.165) is 18.8 Å². The number of rotatable bonds is 3. The number of thiocarbonyl (C=S) groups is 1. The Morgan fingerprint density at radius 1 is 1.10 bits per heavy atom. The van der Waals surface area contributed by atoms with Gasteiger partial charge in [-0.05, 0) is 31.0 Å². The van der Waals surface area contributed by atoms with Gasteiger partial charge >= 0.3 is 0 Å². The Balaban J connectivity index is 1.98. The first-order valence-electron chi connectivity index (χ1n) is 7.32. The van der Waals surface area contributed by atoms with Crippen molar-refractivity contribution in [2.24, 2.45) is 5.92 Å². The first-order valence-corrected chi connectivity index (χ1v) is 7.73. The minimum Gasteiger partial charge on any atom is -0.288 e. The van der Waals surface area contributed by atoms with E-state index in [0.29, 0.717) is 0 Å². The van der Waals surface area contributed by atoms with Crippen LogP contribution in [0.4, 0.5) is 0 Å². The van der Waals surface area contributed by atoms with Crippen molar-refractivity contribution in [2.75, 3.05) is 14.1 Å². The molecule has 0 spiro atoms. The van der Waals surface area contributed by atoms with Gasteiger partial charge in [-0.2, -0.15) is 0 Å². The highest BCUT2D eigenvalue weighted by molar-refractivity contribution is 7.80. The van der Waals surface area contributed by atoms with E-state index in [1.165, 1.54) is 41.9 Å². The zero-order chi connectivity index (χ0) is 14.7. The molecule has 0 unspecified atom stereocenters. The van der Waals surface area contributed by atoms with E-state index in [4.69, 9.17) is 12.2 Å². The van der Waals surface area contributed by atoms with Crippen molar-refractivity contribution in [1.29, 1.82) is 0 Å². The van der Waals surface area contributed by atoms with Crippen LogP contribution >= 0.6 is 12.2 Å². The zero-order valence-corrected chi connectivity index (χ0v) is 13.0. The third-order valence-electron chi connectivity index (χ3n) is 4.29. The number of allylic oxidation sites excluding steroid dienone is 1. The molecule has 0 aromatic rings. The van der Waals surface area contributed by atoms with Gasteiger partial charge in [0.15, 0.2) is 5.11 Å². The maximum Gasteiger partial charge on any atom is 0.265 e. The number of nitrogens with zero attached hydrogens (tertiary/aromatic N) is 2. The van der Waals surface area contributed by atoms with Crippen LogP contribution in [0.5, 0.6) is 0 Å². The van der Waals surface area contributed by atoms with Crippen LogP contribution in [0.3, 0.4) is 0 Å². The Bertz CT molecular complexity index is 427. The maximum atomic E-state index is 12.1. The molecule has 0 bridgehead atoms. The van der Waals surface area contributed by atoms with Crippen LogP contribution in [0, 0.1) is 5.92 Å². The predicted molar refractivity (Wildman–Crippen MR) is 82.0 cm³/mol. The van der Waals surface area contributed by atoms with Crippen molar-refractivity contribution < 1.29 is 9.59 Å². The molecule has 5 heteroatoms. The maximum absolute atomic E-state index is 12.1. The summed E-state index contributed by atoms with van der Waals surface area (Å²) in [7, 11) is 3.23. The average molecular weight is 294 g/mol. The van der Waals surface area contributed by atoms with E-state index in [1.807, 2.05) is 0 Å². The molecular formula is C15H22N2O2S. The normalized spacial score (nSPS) is 21.7. The van der Waals surface area contributed by atoms with Crippen LogP contribution in [0.2, 0.25) is 0 Å². The Hall–Kier alpha value is -1.23. The Kier molecular flexibility index (Phi) is 4.91. The summed E-state index contributed by atoms with van der Waals surface area (Å²) in [4.78, 5) is 26.9. The van der Waals surface area contributed by atoms with Gasteiger partial charge in [0, 0.05) is 14.1 Å². The highest BCUT2D eigenvalue weighted by atomic mass is 32.1. The molecule has 0 atom stereocenters. The molecule has 1 saturated heterocycles. The van der Waals surface area contributed by atoms with Crippen molar-refractivity contribution in [3.8, 4) is 0 Å². The summed E-state index contributed by atoms with van der Waals surface area (Å²) in [5.41, 5.74) is 0.263. The molecule has 0 aromatic carbocycles. The van der Waals surface area contributed by atoms with Crippen LogP contribution < -0.4 is 0 Å². The number of amides is 2. The zero-order valence-electron chi connectivity index (χ0n) is 12.2. The van der Waals surface area contributed by atoms with Gasteiger partial charge in [0.25, 0.3) is 11.8 Å². The Morgan fingerprint density at radius 3 is 2.20 bits per heavy atom. The average Bonchev–Trinajstić information content (AvgIpc) is 2.48. The van der Waals surface area contributed by atoms with Crippen molar-refractivity contribution in [2.45, 2.75) is 44.9 Å². The fourth-order valence-corrected chi connectivity index (χ4v) is 3.13. The van der Waals surface area contributed by atoms with E-state index in [1.54, 1.807) is 20.2 Å². The molecule has 110 valence electrons. The summed E-state index contributed by atoms with van der Waals surface area (Å²) in [5.74, 6) is 0.203. The second-order valence-electron chi connectivity index (χ2n) is 5.71. The molecule has 2 rings (SSSR count). The lowest BCUT2D eigenvalue weighted by Crippen LogP contribution is -2.52. The van der Waals surface area contributed by atoms with Gasteiger partial charge < -0.3 is 0 Å². The summed E-state index contributed by atoms with van der Waals surface area (Å²) in [5, 5.41) is 0.268. The lowest BCUT2D eigenvalue weighted by Gasteiger charge is -2.31. The smallest absolute Gasteiger partial charge is 0.265 e. The third-order valence-corrected chi connectivity index (χ3v) is 4.84. The van der Waals surface area contributed by atoms with E-state index in [2.05, 4.69) is 0 Å². The van der Waals surface area contributed by atoms with Crippen molar-refractivity contribution in [3.05, 3.63) is 11.6 Å². The van der Waals surface area contributed by atoms with Crippen LogP contribution in [0.15, 0.2) is 11.6 Å². The fourth-order valence-electron chi connectivity index (χ4n) is 2.97.